The minimum atomic E-state index is -0.428. The second-order valence-corrected chi connectivity index (χ2v) is 6.87. The zero-order chi connectivity index (χ0) is 22.0. The maximum atomic E-state index is 13.3. The van der Waals surface area contributed by atoms with Crippen LogP contribution in [0.3, 0.4) is 0 Å². The molecule has 0 unspecified atom stereocenters. The number of aromatic amines is 1. The van der Waals surface area contributed by atoms with E-state index in [0.717, 1.165) is 0 Å². The lowest BCUT2D eigenvalue weighted by molar-refractivity contribution is 0.0984. The predicted molar refractivity (Wildman–Crippen MR) is 113 cm³/mol. The number of fused-ring (bicyclic) bond motifs is 1. The molecule has 0 saturated heterocycles. The molecule has 0 aliphatic carbocycles. The van der Waals surface area contributed by atoms with Crippen molar-refractivity contribution in [3.05, 3.63) is 87.9 Å². The van der Waals surface area contributed by atoms with Crippen LogP contribution in [-0.4, -0.2) is 32.1 Å². The molecule has 2 aromatic heterocycles. The Morgan fingerprint density at radius 2 is 1.84 bits per heavy atom. The largest absolute Gasteiger partial charge is 0.494 e. The number of hydrogen-bond acceptors (Lipinski definition) is 5. The van der Waals surface area contributed by atoms with Crippen molar-refractivity contribution in [1.29, 1.82) is 0 Å². The summed E-state index contributed by atoms with van der Waals surface area (Å²) in [5.41, 5.74) is 1.17. The highest BCUT2D eigenvalue weighted by Gasteiger charge is 2.21. The fourth-order valence-corrected chi connectivity index (χ4v) is 3.17. The van der Waals surface area contributed by atoms with Crippen molar-refractivity contribution in [3.8, 4) is 5.75 Å². The van der Waals surface area contributed by atoms with E-state index in [0.29, 0.717) is 35.1 Å². The summed E-state index contributed by atoms with van der Waals surface area (Å²) in [6, 6.07) is 13.7. The Labute approximate surface area is 176 Å². The number of amides is 1. The molecule has 0 radical (unpaired) electrons. The maximum Gasteiger partial charge on any atom is 0.274 e. The topological polar surface area (TPSA) is 92.6 Å². The summed E-state index contributed by atoms with van der Waals surface area (Å²) >= 11 is 0. The van der Waals surface area contributed by atoms with E-state index < -0.39 is 5.82 Å². The van der Waals surface area contributed by atoms with Crippen LogP contribution < -0.4 is 15.2 Å². The normalized spacial score (nSPS) is 10.9. The number of nitrogens with one attached hydrogen (secondary N) is 1. The van der Waals surface area contributed by atoms with E-state index in [1.165, 1.54) is 39.7 Å². The minimum Gasteiger partial charge on any atom is -0.494 e. The first-order valence-electron chi connectivity index (χ1n) is 9.70. The van der Waals surface area contributed by atoms with Crippen molar-refractivity contribution in [1.82, 2.24) is 19.6 Å². The number of halogens is 1. The summed E-state index contributed by atoms with van der Waals surface area (Å²) in [5.74, 6) is 0.499. The van der Waals surface area contributed by atoms with Crippen LogP contribution >= 0.6 is 0 Å². The first-order valence-corrected chi connectivity index (χ1v) is 9.70. The van der Waals surface area contributed by atoms with E-state index in [-0.39, 0.29) is 23.8 Å². The zero-order valence-electron chi connectivity index (χ0n) is 17.0. The van der Waals surface area contributed by atoms with E-state index in [9.17, 15) is 14.0 Å². The molecule has 0 spiro atoms. The molecule has 4 aromatic rings. The third kappa shape index (κ3) is 4.30. The Morgan fingerprint density at radius 1 is 1.13 bits per heavy atom. The highest BCUT2D eigenvalue weighted by molar-refractivity contribution is 6.05. The molecule has 0 atom stereocenters. The van der Waals surface area contributed by atoms with Crippen LogP contribution in [0.1, 0.15) is 28.8 Å². The SMILES string of the molecule is CCOc1ccc(N(Cc2nc3nc(C)cc(=O)n3[nH]2)C(=O)c2ccc(F)cc2)cc1. The van der Waals surface area contributed by atoms with Gasteiger partial charge in [-0.05, 0) is 62.4 Å². The third-order valence-corrected chi connectivity index (χ3v) is 4.61. The number of H-pyrrole nitrogens is 1. The van der Waals surface area contributed by atoms with Gasteiger partial charge in [0.05, 0.1) is 13.2 Å². The van der Waals surface area contributed by atoms with Crippen LogP contribution in [0, 0.1) is 12.7 Å². The molecule has 0 saturated carbocycles. The van der Waals surface area contributed by atoms with Crippen LogP contribution in [0.5, 0.6) is 5.75 Å². The van der Waals surface area contributed by atoms with Gasteiger partial charge in [-0.25, -0.2) is 9.37 Å². The standard InChI is InChI=1S/C22H20FN5O3/c1-3-31-18-10-8-17(9-11-18)27(21(30)15-4-6-16(23)7-5-15)13-19-25-22-24-14(2)12-20(29)28(22)26-19/h4-12H,3,13H2,1-2H3,(H,24,25,26). The van der Waals surface area contributed by atoms with Crippen molar-refractivity contribution < 1.29 is 13.9 Å². The molecule has 2 heterocycles. The van der Waals surface area contributed by atoms with Crippen LogP contribution in [0.15, 0.2) is 59.4 Å². The molecule has 0 aliphatic heterocycles. The van der Waals surface area contributed by atoms with Crippen molar-refractivity contribution >= 4 is 17.4 Å². The number of carbonyl (C=O) groups is 1. The summed E-state index contributed by atoms with van der Waals surface area (Å²) in [5, 5.41) is 2.89. The molecular weight excluding hydrogens is 401 g/mol. The number of benzene rings is 2. The van der Waals surface area contributed by atoms with Crippen LogP contribution in [0.4, 0.5) is 10.1 Å². The number of rotatable bonds is 6. The van der Waals surface area contributed by atoms with Gasteiger partial charge < -0.3 is 9.64 Å². The van der Waals surface area contributed by atoms with Crippen LogP contribution in [-0.2, 0) is 6.54 Å². The van der Waals surface area contributed by atoms with Crippen LogP contribution in [0.25, 0.3) is 5.78 Å². The van der Waals surface area contributed by atoms with Gasteiger partial charge in [-0.1, -0.05) is 0 Å². The van der Waals surface area contributed by atoms with E-state index in [1.54, 1.807) is 31.2 Å². The number of aromatic nitrogens is 4. The monoisotopic (exact) mass is 421 g/mol. The number of aryl methyl sites for hydroxylation is 1. The number of carbonyl (C=O) groups excluding carboxylic acids is 1. The summed E-state index contributed by atoms with van der Waals surface area (Å²) in [6.07, 6.45) is 0. The quantitative estimate of drug-likeness (QED) is 0.516. The van der Waals surface area contributed by atoms with Crippen LogP contribution in [0.2, 0.25) is 0 Å². The third-order valence-electron chi connectivity index (χ3n) is 4.61. The Balaban J connectivity index is 1.72. The fraction of sp³-hybridized carbons (Fsp3) is 0.182. The van der Waals surface area contributed by atoms with Gasteiger partial charge in [-0.3, -0.25) is 14.7 Å². The number of ether oxygens (including phenoxy) is 1. The van der Waals surface area contributed by atoms with Gasteiger partial charge in [0, 0.05) is 23.0 Å². The predicted octanol–water partition coefficient (Wildman–Crippen LogP) is 3.11. The number of nitrogens with zero attached hydrogens (tertiary/aromatic N) is 4. The van der Waals surface area contributed by atoms with Gasteiger partial charge in [0.2, 0.25) is 0 Å². The average molecular weight is 421 g/mol. The Morgan fingerprint density at radius 3 is 2.52 bits per heavy atom. The summed E-state index contributed by atoms with van der Waals surface area (Å²) in [7, 11) is 0. The molecule has 1 amide bonds. The molecule has 31 heavy (non-hydrogen) atoms. The fourth-order valence-electron chi connectivity index (χ4n) is 3.17. The molecule has 9 heteroatoms. The average Bonchev–Trinajstić information content (AvgIpc) is 3.16. The lowest BCUT2D eigenvalue weighted by atomic mass is 10.1. The van der Waals surface area contributed by atoms with Gasteiger partial charge in [-0.15, -0.1) is 0 Å². The van der Waals surface area contributed by atoms with Gasteiger partial charge >= 0.3 is 0 Å². The van der Waals surface area contributed by atoms with Crippen molar-refractivity contribution in [3.63, 3.8) is 0 Å². The van der Waals surface area contributed by atoms with Gasteiger partial charge in [0.1, 0.15) is 17.4 Å². The second kappa shape index (κ2) is 8.39. The second-order valence-electron chi connectivity index (χ2n) is 6.87. The van der Waals surface area contributed by atoms with Crippen molar-refractivity contribution in [2.45, 2.75) is 20.4 Å². The molecule has 8 nitrogen and oxygen atoms in total. The van der Waals surface area contributed by atoms with Gasteiger partial charge in [0.25, 0.3) is 17.2 Å². The van der Waals surface area contributed by atoms with E-state index in [1.807, 2.05) is 6.92 Å². The molecule has 4 rings (SSSR count). The highest BCUT2D eigenvalue weighted by Crippen LogP contribution is 2.23. The van der Waals surface area contributed by atoms with E-state index >= 15 is 0 Å². The molecule has 0 bridgehead atoms. The van der Waals surface area contributed by atoms with Gasteiger partial charge in [0.15, 0.2) is 0 Å². The van der Waals surface area contributed by atoms with E-state index in [4.69, 9.17) is 4.74 Å². The highest BCUT2D eigenvalue weighted by atomic mass is 19.1. The minimum absolute atomic E-state index is 0.0477. The molecule has 158 valence electrons. The summed E-state index contributed by atoms with van der Waals surface area (Å²) in [6.45, 7) is 4.17. The summed E-state index contributed by atoms with van der Waals surface area (Å²) in [4.78, 5) is 35.5. The molecule has 1 N–H and O–H groups in total. The zero-order valence-corrected chi connectivity index (χ0v) is 17.0. The van der Waals surface area contributed by atoms with Gasteiger partial charge in [-0.2, -0.15) is 9.50 Å². The smallest absolute Gasteiger partial charge is 0.274 e. The lowest BCUT2D eigenvalue weighted by Crippen LogP contribution is -2.31. The molecule has 2 aromatic carbocycles. The number of anilines is 1. The molecular formula is C22H20FN5O3. The first kappa shape index (κ1) is 20.3. The Hall–Kier alpha value is -4.01. The number of hydrogen-bond donors (Lipinski definition) is 1. The summed E-state index contributed by atoms with van der Waals surface area (Å²) < 4.78 is 20.0. The van der Waals surface area contributed by atoms with Crippen molar-refractivity contribution in [2.75, 3.05) is 11.5 Å². The lowest BCUT2D eigenvalue weighted by Gasteiger charge is -2.22. The molecule has 0 fully saturated rings. The maximum absolute atomic E-state index is 13.3. The van der Waals surface area contributed by atoms with E-state index in [2.05, 4.69) is 15.1 Å². The Kier molecular flexibility index (Phi) is 5.48. The molecule has 0 aliphatic rings. The first-order chi connectivity index (χ1) is 14.9. The Bertz CT molecular complexity index is 1280. The van der Waals surface area contributed by atoms with Crippen molar-refractivity contribution in [2.24, 2.45) is 0 Å².